The number of β-amino-alcohol motifs (C(OH)–C–C–N with tert-alkyl or cyclic N) is 1. The number of hydrogen-bond donors (Lipinski definition) is 2. The summed E-state index contributed by atoms with van der Waals surface area (Å²) < 4.78 is 1.00. The molecule has 1 aliphatic heterocycles. The molecule has 1 heterocycles. The molecule has 2 rings (SSSR count). The van der Waals surface area contributed by atoms with Gasteiger partial charge in [-0.25, -0.2) is 0 Å². The third-order valence-corrected chi connectivity index (χ3v) is 5.46. The second-order valence-corrected chi connectivity index (χ2v) is 7.65. The number of aryl methyl sites for hydroxylation is 1. The third kappa shape index (κ3) is 3.75. The molecule has 0 unspecified atom stereocenters. The van der Waals surface area contributed by atoms with Gasteiger partial charge in [0.05, 0.1) is 11.5 Å². The molecule has 23 heavy (non-hydrogen) atoms. The number of primary amides is 1. The van der Waals surface area contributed by atoms with E-state index in [2.05, 4.69) is 15.9 Å². The highest BCUT2D eigenvalue weighted by molar-refractivity contribution is 9.10. The minimum absolute atomic E-state index is 0.0507. The molecule has 6 heteroatoms. The fourth-order valence-corrected chi connectivity index (χ4v) is 3.28. The van der Waals surface area contributed by atoms with Crippen LogP contribution in [0.2, 0.25) is 0 Å². The summed E-state index contributed by atoms with van der Waals surface area (Å²) in [5.41, 5.74) is 6.50. The van der Waals surface area contributed by atoms with Crippen molar-refractivity contribution < 1.29 is 14.7 Å². The van der Waals surface area contributed by atoms with E-state index in [4.69, 9.17) is 5.73 Å². The maximum Gasteiger partial charge on any atom is 0.232 e. The van der Waals surface area contributed by atoms with Crippen LogP contribution in [0.25, 0.3) is 0 Å². The zero-order valence-electron chi connectivity index (χ0n) is 13.7. The maximum atomic E-state index is 12.9. The van der Waals surface area contributed by atoms with E-state index < -0.39 is 17.4 Å². The van der Waals surface area contributed by atoms with Crippen LogP contribution in [0.1, 0.15) is 31.4 Å². The van der Waals surface area contributed by atoms with E-state index in [0.29, 0.717) is 6.54 Å². The highest BCUT2D eigenvalue weighted by Crippen LogP contribution is 2.31. The molecule has 1 aromatic rings. The Kier molecular flexibility index (Phi) is 5.16. The van der Waals surface area contributed by atoms with Crippen LogP contribution in [0.3, 0.4) is 0 Å². The number of carbonyl (C=O) groups excluding carboxylic acids is 2. The van der Waals surface area contributed by atoms with Gasteiger partial charge in [0, 0.05) is 29.9 Å². The van der Waals surface area contributed by atoms with Crippen molar-refractivity contribution in [3.8, 4) is 0 Å². The minimum Gasteiger partial charge on any atom is -0.391 e. The summed E-state index contributed by atoms with van der Waals surface area (Å²) in [4.78, 5) is 25.6. The molecule has 2 atom stereocenters. The zero-order valence-corrected chi connectivity index (χ0v) is 15.3. The number of nitrogens with two attached hydrogens (primary N) is 1. The molecule has 0 spiro atoms. The fraction of sp³-hybridized carbons (Fsp3) is 0.529. The van der Waals surface area contributed by atoms with Crippen molar-refractivity contribution in [1.82, 2.24) is 4.90 Å². The van der Waals surface area contributed by atoms with Gasteiger partial charge < -0.3 is 15.7 Å². The molecule has 1 aromatic carbocycles. The van der Waals surface area contributed by atoms with Gasteiger partial charge in [-0.05, 0) is 38.0 Å². The predicted octanol–water partition coefficient (Wildman–Crippen LogP) is 1.73. The van der Waals surface area contributed by atoms with Crippen molar-refractivity contribution in [2.75, 3.05) is 13.1 Å². The van der Waals surface area contributed by atoms with Gasteiger partial charge in [0.2, 0.25) is 11.8 Å². The summed E-state index contributed by atoms with van der Waals surface area (Å²) in [6.45, 7) is 6.35. The van der Waals surface area contributed by atoms with E-state index in [0.717, 1.165) is 15.6 Å². The average molecular weight is 383 g/mol. The van der Waals surface area contributed by atoms with Crippen LogP contribution in [0, 0.1) is 12.8 Å². The van der Waals surface area contributed by atoms with Crippen LogP contribution in [0.5, 0.6) is 0 Å². The standard InChI is InChI=1S/C17H23BrN2O3/c1-10-6-12(4-5-13(10)18)17(2,3)16(23)20-8-11(7-15(19)22)14(21)9-20/h4-6,11,14,21H,7-9H2,1-3H3,(H2,19,22)/t11-,14-/m1/s1. The Morgan fingerprint density at radius 1 is 1.39 bits per heavy atom. The van der Waals surface area contributed by atoms with Crippen molar-refractivity contribution in [1.29, 1.82) is 0 Å². The lowest BCUT2D eigenvalue weighted by Gasteiger charge is -2.30. The Balaban J connectivity index is 2.18. The van der Waals surface area contributed by atoms with Crippen LogP contribution in [-0.4, -0.2) is 41.0 Å². The first-order chi connectivity index (χ1) is 10.6. The smallest absolute Gasteiger partial charge is 0.232 e. The molecule has 2 amide bonds. The number of benzene rings is 1. The van der Waals surface area contributed by atoms with E-state index in [-0.39, 0.29) is 24.8 Å². The first-order valence-corrected chi connectivity index (χ1v) is 8.44. The van der Waals surface area contributed by atoms with Crippen LogP contribution in [0.15, 0.2) is 22.7 Å². The van der Waals surface area contributed by atoms with Gasteiger partial charge in [-0.15, -0.1) is 0 Å². The van der Waals surface area contributed by atoms with E-state index in [1.807, 2.05) is 39.0 Å². The van der Waals surface area contributed by atoms with Gasteiger partial charge in [-0.3, -0.25) is 9.59 Å². The van der Waals surface area contributed by atoms with Gasteiger partial charge in [-0.1, -0.05) is 28.1 Å². The molecule has 3 N–H and O–H groups in total. The molecule has 0 aliphatic carbocycles. The summed E-state index contributed by atoms with van der Waals surface area (Å²) in [5.74, 6) is -0.782. The summed E-state index contributed by atoms with van der Waals surface area (Å²) in [7, 11) is 0. The predicted molar refractivity (Wildman–Crippen MR) is 91.8 cm³/mol. The van der Waals surface area contributed by atoms with E-state index in [1.165, 1.54) is 0 Å². The molecule has 0 aromatic heterocycles. The number of halogens is 1. The lowest BCUT2D eigenvalue weighted by Crippen LogP contribution is -2.42. The third-order valence-electron chi connectivity index (χ3n) is 4.57. The Morgan fingerprint density at radius 3 is 2.61 bits per heavy atom. The topological polar surface area (TPSA) is 83.6 Å². The lowest BCUT2D eigenvalue weighted by atomic mass is 9.82. The Hall–Kier alpha value is -1.40. The van der Waals surface area contributed by atoms with Gasteiger partial charge in [-0.2, -0.15) is 0 Å². The number of carbonyl (C=O) groups is 2. The number of amides is 2. The Morgan fingerprint density at radius 2 is 2.04 bits per heavy atom. The lowest BCUT2D eigenvalue weighted by molar-refractivity contribution is -0.135. The molecular formula is C17H23BrN2O3. The number of likely N-dealkylation sites (tertiary alicyclic amines) is 1. The van der Waals surface area contributed by atoms with Gasteiger partial charge in [0.15, 0.2) is 0 Å². The first-order valence-electron chi connectivity index (χ1n) is 7.65. The molecule has 1 saturated heterocycles. The van der Waals surface area contributed by atoms with Crippen molar-refractivity contribution >= 4 is 27.7 Å². The van der Waals surface area contributed by atoms with Gasteiger partial charge >= 0.3 is 0 Å². The number of nitrogens with zero attached hydrogens (tertiary/aromatic N) is 1. The van der Waals surface area contributed by atoms with Crippen LogP contribution in [-0.2, 0) is 15.0 Å². The monoisotopic (exact) mass is 382 g/mol. The molecule has 0 bridgehead atoms. The number of rotatable bonds is 4. The number of hydrogen-bond acceptors (Lipinski definition) is 3. The van der Waals surface area contributed by atoms with Crippen molar-refractivity contribution in [2.24, 2.45) is 11.7 Å². The molecule has 0 saturated carbocycles. The van der Waals surface area contributed by atoms with Crippen LogP contribution < -0.4 is 5.73 Å². The summed E-state index contributed by atoms with van der Waals surface area (Å²) in [5, 5.41) is 10.1. The van der Waals surface area contributed by atoms with Crippen LogP contribution in [0.4, 0.5) is 0 Å². The maximum absolute atomic E-state index is 12.9. The van der Waals surface area contributed by atoms with Crippen LogP contribution >= 0.6 is 15.9 Å². The second kappa shape index (κ2) is 6.61. The SMILES string of the molecule is Cc1cc(C(C)(C)C(=O)N2C[C@@H](CC(N)=O)[C@H](O)C2)ccc1Br. The van der Waals surface area contributed by atoms with E-state index in [9.17, 15) is 14.7 Å². The minimum atomic E-state index is -0.702. The van der Waals surface area contributed by atoms with Crippen molar-refractivity contribution in [2.45, 2.75) is 38.7 Å². The molecule has 1 fully saturated rings. The number of aliphatic hydroxyl groups excluding tert-OH is 1. The highest BCUT2D eigenvalue weighted by Gasteiger charge is 2.41. The molecular weight excluding hydrogens is 360 g/mol. The second-order valence-electron chi connectivity index (χ2n) is 6.80. The normalized spacial score (nSPS) is 21.5. The number of aliphatic hydroxyl groups is 1. The fourth-order valence-electron chi connectivity index (χ4n) is 3.03. The molecule has 1 aliphatic rings. The summed E-state index contributed by atoms with van der Waals surface area (Å²) >= 11 is 3.47. The molecule has 5 nitrogen and oxygen atoms in total. The van der Waals surface area contributed by atoms with E-state index >= 15 is 0 Å². The average Bonchev–Trinajstić information content (AvgIpc) is 2.81. The highest BCUT2D eigenvalue weighted by atomic mass is 79.9. The first kappa shape index (κ1) is 17.9. The van der Waals surface area contributed by atoms with Crippen molar-refractivity contribution in [3.05, 3.63) is 33.8 Å². The summed E-state index contributed by atoms with van der Waals surface area (Å²) in [6, 6.07) is 5.87. The van der Waals surface area contributed by atoms with Gasteiger partial charge in [0.1, 0.15) is 0 Å². The largest absolute Gasteiger partial charge is 0.391 e. The Labute approximate surface area is 145 Å². The summed E-state index contributed by atoms with van der Waals surface area (Å²) in [6.07, 6.45) is -0.600. The molecule has 126 valence electrons. The zero-order chi connectivity index (χ0) is 17.4. The van der Waals surface area contributed by atoms with Crippen molar-refractivity contribution in [3.63, 3.8) is 0 Å². The van der Waals surface area contributed by atoms with Gasteiger partial charge in [0.25, 0.3) is 0 Å². The quantitative estimate of drug-likeness (QED) is 0.831. The Bertz CT molecular complexity index is 630. The molecule has 0 radical (unpaired) electrons. The van der Waals surface area contributed by atoms with E-state index in [1.54, 1.807) is 4.90 Å².